The molecule has 0 spiro atoms. The Balaban J connectivity index is 1.32. The van der Waals surface area contributed by atoms with Crippen molar-refractivity contribution < 1.29 is 17.9 Å². The van der Waals surface area contributed by atoms with Crippen LogP contribution in [0.2, 0.25) is 0 Å². The molecule has 32 heavy (non-hydrogen) atoms. The lowest BCUT2D eigenvalue weighted by Gasteiger charge is -2.31. The van der Waals surface area contributed by atoms with Gasteiger partial charge in [-0.05, 0) is 42.7 Å². The number of aromatic nitrogens is 1. The van der Waals surface area contributed by atoms with E-state index in [2.05, 4.69) is 31.0 Å². The molecule has 1 aliphatic rings. The number of thiazole rings is 1. The highest BCUT2D eigenvalue weighted by Gasteiger charge is 2.25. The van der Waals surface area contributed by atoms with Gasteiger partial charge in [-0.25, -0.2) is 13.4 Å². The lowest BCUT2D eigenvalue weighted by Crippen LogP contribution is -2.42. The number of ether oxygens (including phenoxy) is 1. The number of rotatable bonds is 6. The van der Waals surface area contributed by atoms with Gasteiger partial charge in [0.2, 0.25) is 5.91 Å². The fourth-order valence-electron chi connectivity index (χ4n) is 3.92. The Morgan fingerprint density at radius 2 is 1.75 bits per heavy atom. The van der Waals surface area contributed by atoms with Crippen molar-refractivity contribution in [3.05, 3.63) is 53.1 Å². The minimum atomic E-state index is -3.22. The summed E-state index contributed by atoms with van der Waals surface area (Å²) in [6.07, 6.45) is 1.87. The summed E-state index contributed by atoms with van der Waals surface area (Å²) >= 11 is 1.59. The topological polar surface area (TPSA) is 76.6 Å². The third-order valence-electron chi connectivity index (χ3n) is 6.00. The molecule has 0 N–H and O–H groups in total. The summed E-state index contributed by atoms with van der Waals surface area (Å²) < 4.78 is 31.2. The highest BCUT2D eigenvalue weighted by molar-refractivity contribution is 7.91. The van der Waals surface area contributed by atoms with Gasteiger partial charge in [0, 0.05) is 25.9 Å². The first-order valence-corrected chi connectivity index (χ1v) is 13.4. The van der Waals surface area contributed by atoms with E-state index in [1.807, 2.05) is 4.90 Å². The zero-order chi connectivity index (χ0) is 22.9. The van der Waals surface area contributed by atoms with Gasteiger partial charge in [-0.15, -0.1) is 0 Å². The highest BCUT2D eigenvalue weighted by Crippen LogP contribution is 2.33. The minimum absolute atomic E-state index is 0.0544. The van der Waals surface area contributed by atoms with Crippen molar-refractivity contribution in [2.24, 2.45) is 0 Å². The Bertz CT molecular complexity index is 1190. The molecular weight excluding hydrogens is 444 g/mol. The predicted octanol–water partition coefficient (Wildman–Crippen LogP) is 4.32. The van der Waals surface area contributed by atoms with Crippen molar-refractivity contribution in [3.8, 4) is 5.19 Å². The maximum atomic E-state index is 12.7. The maximum Gasteiger partial charge on any atom is 0.274 e. The molecule has 1 fully saturated rings. The van der Waals surface area contributed by atoms with Gasteiger partial charge in [0.15, 0.2) is 9.84 Å². The number of amides is 1. The second-order valence-electron chi connectivity index (χ2n) is 8.28. The summed E-state index contributed by atoms with van der Waals surface area (Å²) in [5.74, 6) is 0.124. The molecule has 0 bridgehead atoms. The molecule has 6 nitrogen and oxygen atoms in total. The SMILES string of the molecule is CCS(=O)(=O)c1ccc(CC(=O)N2CCC(Oc3nc4c(C)ccc(C)c4s3)CC2)cc1. The summed E-state index contributed by atoms with van der Waals surface area (Å²) in [5.41, 5.74) is 4.19. The molecule has 170 valence electrons. The average molecular weight is 473 g/mol. The quantitative estimate of drug-likeness (QED) is 0.534. The fourth-order valence-corrected chi connectivity index (χ4v) is 5.84. The van der Waals surface area contributed by atoms with Crippen LogP contribution in [0.15, 0.2) is 41.3 Å². The Morgan fingerprint density at radius 1 is 1.09 bits per heavy atom. The van der Waals surface area contributed by atoms with Gasteiger partial charge >= 0.3 is 0 Å². The zero-order valence-corrected chi connectivity index (χ0v) is 20.3. The van der Waals surface area contributed by atoms with Crippen LogP contribution in [0.25, 0.3) is 10.2 Å². The lowest BCUT2D eigenvalue weighted by atomic mass is 10.1. The molecule has 0 atom stereocenters. The molecule has 0 saturated carbocycles. The molecule has 1 aromatic heterocycles. The molecule has 8 heteroatoms. The predicted molar refractivity (Wildman–Crippen MR) is 127 cm³/mol. The number of sulfone groups is 1. The van der Waals surface area contributed by atoms with Crippen molar-refractivity contribution in [2.75, 3.05) is 18.8 Å². The van der Waals surface area contributed by atoms with Crippen LogP contribution >= 0.6 is 11.3 Å². The lowest BCUT2D eigenvalue weighted by molar-refractivity contribution is -0.132. The molecule has 3 aromatic rings. The Morgan fingerprint density at radius 3 is 2.38 bits per heavy atom. The molecule has 1 saturated heterocycles. The van der Waals surface area contributed by atoms with E-state index in [1.165, 1.54) is 10.3 Å². The number of benzene rings is 2. The van der Waals surface area contributed by atoms with Gasteiger partial charge in [0.05, 0.1) is 27.3 Å². The second kappa shape index (κ2) is 9.19. The molecule has 0 radical (unpaired) electrons. The maximum absolute atomic E-state index is 12.7. The fraction of sp³-hybridized carbons (Fsp3) is 0.417. The number of hydrogen-bond donors (Lipinski definition) is 0. The number of carbonyl (C=O) groups is 1. The summed E-state index contributed by atoms with van der Waals surface area (Å²) in [5, 5.41) is 0.698. The molecule has 1 amide bonds. The van der Waals surface area contributed by atoms with Gasteiger partial charge in [0.25, 0.3) is 5.19 Å². The van der Waals surface area contributed by atoms with Crippen LogP contribution in [0.3, 0.4) is 0 Å². The summed E-state index contributed by atoms with van der Waals surface area (Å²) in [6, 6.07) is 10.8. The molecule has 4 rings (SSSR count). The zero-order valence-electron chi connectivity index (χ0n) is 18.6. The van der Waals surface area contributed by atoms with E-state index in [1.54, 1.807) is 42.5 Å². The number of fused-ring (bicyclic) bond motifs is 1. The van der Waals surface area contributed by atoms with E-state index in [9.17, 15) is 13.2 Å². The standard InChI is InChI=1S/C24H28N2O4S2/c1-4-32(28,29)20-9-7-18(8-10-20)15-21(27)26-13-11-19(12-14-26)30-24-25-22-16(2)5-6-17(3)23(22)31-24/h5-10,19H,4,11-15H2,1-3H3. The number of likely N-dealkylation sites (tertiary alicyclic amines) is 1. The molecule has 0 aliphatic carbocycles. The van der Waals surface area contributed by atoms with Gasteiger partial charge in [0.1, 0.15) is 6.10 Å². The van der Waals surface area contributed by atoms with Crippen LogP contribution in [0.4, 0.5) is 0 Å². The molecule has 2 aromatic carbocycles. The first kappa shape index (κ1) is 22.7. The Labute approximate surface area is 193 Å². The van der Waals surface area contributed by atoms with Crippen molar-refractivity contribution in [1.82, 2.24) is 9.88 Å². The molecule has 1 aliphatic heterocycles. The van der Waals surface area contributed by atoms with Gasteiger partial charge in [-0.2, -0.15) is 0 Å². The smallest absolute Gasteiger partial charge is 0.274 e. The van der Waals surface area contributed by atoms with Crippen LogP contribution < -0.4 is 4.74 Å². The Kier molecular flexibility index (Phi) is 6.53. The number of aryl methyl sites for hydroxylation is 2. The van der Waals surface area contributed by atoms with E-state index in [0.717, 1.165) is 29.5 Å². The minimum Gasteiger partial charge on any atom is -0.467 e. The van der Waals surface area contributed by atoms with Crippen LogP contribution in [0.1, 0.15) is 36.5 Å². The number of hydrogen-bond acceptors (Lipinski definition) is 6. The van der Waals surface area contributed by atoms with Crippen molar-refractivity contribution >= 4 is 37.3 Å². The second-order valence-corrected chi connectivity index (χ2v) is 11.5. The third kappa shape index (κ3) is 4.81. The van der Waals surface area contributed by atoms with E-state index in [0.29, 0.717) is 23.2 Å². The van der Waals surface area contributed by atoms with E-state index in [-0.39, 0.29) is 24.2 Å². The summed E-state index contributed by atoms with van der Waals surface area (Å²) in [7, 11) is -3.22. The third-order valence-corrected chi connectivity index (χ3v) is 8.83. The summed E-state index contributed by atoms with van der Waals surface area (Å²) in [6.45, 7) is 7.07. The number of piperidine rings is 1. The highest BCUT2D eigenvalue weighted by atomic mass is 32.2. The Hall–Kier alpha value is -2.45. The van der Waals surface area contributed by atoms with Crippen LogP contribution in [-0.2, 0) is 21.1 Å². The van der Waals surface area contributed by atoms with Crippen LogP contribution in [-0.4, -0.2) is 49.2 Å². The number of nitrogens with zero attached hydrogens (tertiary/aromatic N) is 2. The van der Waals surface area contributed by atoms with Crippen molar-refractivity contribution in [2.45, 2.75) is 51.0 Å². The van der Waals surface area contributed by atoms with Crippen LogP contribution in [0, 0.1) is 13.8 Å². The molecular formula is C24H28N2O4S2. The largest absolute Gasteiger partial charge is 0.467 e. The van der Waals surface area contributed by atoms with E-state index < -0.39 is 9.84 Å². The van der Waals surface area contributed by atoms with Crippen molar-refractivity contribution in [1.29, 1.82) is 0 Å². The van der Waals surface area contributed by atoms with E-state index in [4.69, 9.17) is 4.74 Å². The first-order valence-electron chi connectivity index (χ1n) is 10.9. The van der Waals surface area contributed by atoms with Crippen LogP contribution in [0.5, 0.6) is 5.19 Å². The summed E-state index contributed by atoms with van der Waals surface area (Å²) in [4.78, 5) is 19.6. The molecule has 2 heterocycles. The first-order chi connectivity index (χ1) is 15.3. The average Bonchev–Trinajstić information content (AvgIpc) is 3.22. The monoisotopic (exact) mass is 472 g/mol. The normalized spacial score (nSPS) is 15.3. The number of carbonyl (C=O) groups excluding carboxylic acids is 1. The van der Waals surface area contributed by atoms with Gasteiger partial charge < -0.3 is 9.64 Å². The van der Waals surface area contributed by atoms with Gasteiger partial charge in [-0.3, -0.25) is 4.79 Å². The van der Waals surface area contributed by atoms with Gasteiger partial charge in [-0.1, -0.05) is 42.5 Å². The van der Waals surface area contributed by atoms with E-state index >= 15 is 0 Å². The van der Waals surface area contributed by atoms with Crippen molar-refractivity contribution in [3.63, 3.8) is 0 Å². The molecule has 0 unspecified atom stereocenters.